The van der Waals surface area contributed by atoms with Crippen molar-refractivity contribution in [2.75, 3.05) is 12.4 Å². The maximum Gasteiger partial charge on any atom is 0.327 e. The van der Waals surface area contributed by atoms with Crippen LogP contribution in [0.3, 0.4) is 0 Å². The first-order valence-electron chi connectivity index (χ1n) is 5.67. The zero-order chi connectivity index (χ0) is 15.6. The lowest BCUT2D eigenvalue weighted by Crippen LogP contribution is -2.00. The average Bonchev–Trinajstić information content (AvgIpc) is 2.41. The van der Waals surface area contributed by atoms with Gasteiger partial charge in [-0.25, -0.2) is 0 Å². The molecule has 5 nitrogen and oxygen atoms in total. The van der Waals surface area contributed by atoms with Crippen molar-refractivity contribution in [3.05, 3.63) is 55.2 Å². The second-order valence-electron chi connectivity index (χ2n) is 3.98. The van der Waals surface area contributed by atoms with Gasteiger partial charge in [0.25, 0.3) is 0 Å². The largest absolute Gasteiger partial charge is 0.495 e. The van der Waals surface area contributed by atoms with Crippen LogP contribution < -0.4 is 10.1 Å². The van der Waals surface area contributed by atoms with Crippen molar-refractivity contribution in [3.8, 4) is 5.75 Å². The Morgan fingerprint density at radius 1 is 1.24 bits per heavy atom. The standard InChI is InChI=1S/C13H9Br2FN2O3/c1-21-12-6-11(7(14)5-8(12)15)17-10-4-2-3-9(16)13(10)18(19)20/h2-6,17H,1H3. The molecular weight excluding hydrogens is 411 g/mol. The van der Waals surface area contributed by atoms with Gasteiger partial charge in [0.2, 0.25) is 5.82 Å². The highest BCUT2D eigenvalue weighted by molar-refractivity contribution is 9.11. The van der Waals surface area contributed by atoms with Crippen LogP contribution in [0.5, 0.6) is 5.75 Å². The molecule has 2 aromatic carbocycles. The Hall–Kier alpha value is -1.67. The van der Waals surface area contributed by atoms with Gasteiger partial charge in [-0.2, -0.15) is 4.39 Å². The minimum atomic E-state index is -0.898. The van der Waals surface area contributed by atoms with Gasteiger partial charge in [-0.05, 0) is 50.1 Å². The van der Waals surface area contributed by atoms with E-state index in [9.17, 15) is 14.5 Å². The van der Waals surface area contributed by atoms with E-state index >= 15 is 0 Å². The van der Waals surface area contributed by atoms with Crippen LogP contribution in [0.4, 0.5) is 21.5 Å². The fraction of sp³-hybridized carbons (Fsp3) is 0.0769. The predicted molar refractivity (Wildman–Crippen MR) is 84.7 cm³/mol. The average molecular weight is 420 g/mol. The van der Waals surface area contributed by atoms with Crippen LogP contribution in [-0.2, 0) is 0 Å². The molecule has 0 radical (unpaired) electrons. The van der Waals surface area contributed by atoms with Crippen LogP contribution in [0.25, 0.3) is 0 Å². The van der Waals surface area contributed by atoms with Crippen molar-refractivity contribution in [1.29, 1.82) is 0 Å². The number of nitrogens with one attached hydrogen (secondary N) is 1. The zero-order valence-electron chi connectivity index (χ0n) is 10.7. The van der Waals surface area contributed by atoms with Crippen LogP contribution >= 0.6 is 31.9 Å². The van der Waals surface area contributed by atoms with Gasteiger partial charge in [0.15, 0.2) is 0 Å². The fourth-order valence-electron chi connectivity index (χ4n) is 1.73. The van der Waals surface area contributed by atoms with Gasteiger partial charge in [-0.1, -0.05) is 6.07 Å². The number of halogens is 3. The number of nitro groups is 1. The van der Waals surface area contributed by atoms with Gasteiger partial charge in [0.05, 0.1) is 22.2 Å². The number of para-hydroxylation sites is 1. The lowest BCUT2D eigenvalue weighted by Gasteiger charge is -2.12. The van der Waals surface area contributed by atoms with Gasteiger partial charge in [-0.15, -0.1) is 0 Å². The molecule has 1 N–H and O–H groups in total. The number of hydrogen-bond donors (Lipinski definition) is 1. The summed E-state index contributed by atoms with van der Waals surface area (Å²) in [5.41, 5.74) is -0.0277. The molecule has 8 heteroatoms. The summed E-state index contributed by atoms with van der Waals surface area (Å²) in [6.45, 7) is 0. The molecule has 0 aliphatic heterocycles. The third-order valence-electron chi connectivity index (χ3n) is 2.68. The van der Waals surface area contributed by atoms with E-state index in [1.165, 1.54) is 19.2 Å². The van der Waals surface area contributed by atoms with Crippen molar-refractivity contribution in [2.24, 2.45) is 0 Å². The number of methoxy groups -OCH3 is 1. The molecule has 0 saturated carbocycles. The molecule has 0 spiro atoms. The van der Waals surface area contributed by atoms with E-state index in [-0.39, 0.29) is 5.69 Å². The molecule has 0 aliphatic rings. The lowest BCUT2D eigenvalue weighted by atomic mass is 10.2. The number of anilines is 2. The monoisotopic (exact) mass is 418 g/mol. The van der Waals surface area contributed by atoms with Gasteiger partial charge in [-0.3, -0.25) is 10.1 Å². The first-order valence-corrected chi connectivity index (χ1v) is 7.25. The van der Waals surface area contributed by atoms with E-state index in [4.69, 9.17) is 4.74 Å². The van der Waals surface area contributed by atoms with Crippen molar-refractivity contribution in [1.82, 2.24) is 0 Å². The Morgan fingerprint density at radius 2 is 1.95 bits per heavy atom. The molecule has 0 aromatic heterocycles. The number of nitro benzene ring substituents is 1. The molecule has 0 heterocycles. The van der Waals surface area contributed by atoms with Crippen molar-refractivity contribution in [3.63, 3.8) is 0 Å². The van der Waals surface area contributed by atoms with Crippen LogP contribution in [0.1, 0.15) is 0 Å². The summed E-state index contributed by atoms with van der Waals surface area (Å²) in [6, 6.07) is 7.24. The smallest absolute Gasteiger partial charge is 0.327 e. The zero-order valence-corrected chi connectivity index (χ0v) is 13.9. The first-order chi connectivity index (χ1) is 9.93. The van der Waals surface area contributed by atoms with E-state index < -0.39 is 16.4 Å². The molecule has 2 rings (SSSR count). The highest BCUT2D eigenvalue weighted by atomic mass is 79.9. The van der Waals surface area contributed by atoms with Crippen LogP contribution in [0.15, 0.2) is 39.3 Å². The second-order valence-corrected chi connectivity index (χ2v) is 5.69. The summed E-state index contributed by atoms with van der Waals surface area (Å²) >= 11 is 6.66. The molecule has 0 unspecified atom stereocenters. The van der Waals surface area contributed by atoms with Crippen molar-refractivity contribution in [2.45, 2.75) is 0 Å². The van der Waals surface area contributed by atoms with Crippen molar-refractivity contribution >= 4 is 48.9 Å². The molecule has 0 atom stereocenters. The number of ether oxygens (including phenoxy) is 1. The first kappa shape index (κ1) is 15.7. The molecule has 0 saturated heterocycles. The molecule has 2 aromatic rings. The molecular formula is C13H9Br2FN2O3. The summed E-state index contributed by atoms with van der Waals surface area (Å²) < 4.78 is 20.1. The third-order valence-corrected chi connectivity index (χ3v) is 3.96. The second kappa shape index (κ2) is 6.40. The quantitative estimate of drug-likeness (QED) is 0.558. The summed E-state index contributed by atoms with van der Waals surface area (Å²) in [7, 11) is 1.50. The third kappa shape index (κ3) is 3.33. The topological polar surface area (TPSA) is 64.4 Å². The van der Waals surface area contributed by atoms with Gasteiger partial charge in [0, 0.05) is 10.5 Å². The molecule has 110 valence electrons. The molecule has 0 bridgehead atoms. The Bertz CT molecular complexity index is 710. The SMILES string of the molecule is COc1cc(Nc2cccc(F)c2[N+](=O)[O-])c(Br)cc1Br. The molecule has 0 fully saturated rings. The summed E-state index contributed by atoms with van der Waals surface area (Å²) in [6.07, 6.45) is 0. The van der Waals surface area contributed by atoms with Gasteiger partial charge in [0.1, 0.15) is 11.4 Å². The fourth-order valence-corrected chi connectivity index (χ4v) is 2.98. The van der Waals surface area contributed by atoms with E-state index in [2.05, 4.69) is 37.2 Å². The maximum atomic E-state index is 13.6. The Labute approximate surface area is 136 Å². The van der Waals surface area contributed by atoms with E-state index in [1.807, 2.05) is 0 Å². The number of nitrogens with zero attached hydrogens (tertiary/aromatic N) is 1. The van der Waals surface area contributed by atoms with Crippen LogP contribution in [0.2, 0.25) is 0 Å². The summed E-state index contributed by atoms with van der Waals surface area (Å²) in [5, 5.41) is 13.8. The van der Waals surface area contributed by atoms with E-state index in [0.717, 1.165) is 10.5 Å². The minimum Gasteiger partial charge on any atom is -0.495 e. The minimum absolute atomic E-state index is 0.0603. The molecule has 21 heavy (non-hydrogen) atoms. The van der Waals surface area contributed by atoms with Crippen LogP contribution in [-0.4, -0.2) is 12.0 Å². The Kier molecular flexibility index (Phi) is 4.79. The van der Waals surface area contributed by atoms with Gasteiger partial charge >= 0.3 is 5.69 Å². The van der Waals surface area contributed by atoms with E-state index in [0.29, 0.717) is 15.9 Å². The van der Waals surface area contributed by atoms with Gasteiger partial charge < -0.3 is 10.1 Å². The lowest BCUT2D eigenvalue weighted by molar-refractivity contribution is -0.386. The summed E-state index contributed by atoms with van der Waals surface area (Å²) in [5.74, 6) is -0.357. The highest BCUT2D eigenvalue weighted by Crippen LogP contribution is 2.38. The Morgan fingerprint density at radius 3 is 2.57 bits per heavy atom. The number of benzene rings is 2. The molecule has 0 amide bonds. The van der Waals surface area contributed by atoms with E-state index in [1.54, 1.807) is 12.1 Å². The highest BCUT2D eigenvalue weighted by Gasteiger charge is 2.20. The van der Waals surface area contributed by atoms with Crippen LogP contribution in [0, 0.1) is 15.9 Å². The number of hydrogen-bond acceptors (Lipinski definition) is 4. The predicted octanol–water partition coefficient (Wildman–Crippen LogP) is 5.01. The number of rotatable bonds is 4. The maximum absolute atomic E-state index is 13.6. The summed E-state index contributed by atoms with van der Waals surface area (Å²) in [4.78, 5) is 10.2. The van der Waals surface area contributed by atoms with Crippen molar-refractivity contribution < 1.29 is 14.1 Å². The normalized spacial score (nSPS) is 10.3. The Balaban J connectivity index is 2.48. The molecule has 0 aliphatic carbocycles.